The van der Waals surface area contributed by atoms with Crippen molar-refractivity contribution in [3.05, 3.63) is 41.2 Å². The Labute approximate surface area is 119 Å². The number of rotatable bonds is 6. The van der Waals surface area contributed by atoms with Gasteiger partial charge in [-0.25, -0.2) is 0 Å². The molecule has 1 heterocycles. The Kier molecular flexibility index (Phi) is 5.02. The third-order valence-electron chi connectivity index (χ3n) is 3.05. The van der Waals surface area contributed by atoms with Gasteiger partial charge in [0.1, 0.15) is 5.82 Å². The van der Waals surface area contributed by atoms with Crippen LogP contribution in [-0.4, -0.2) is 14.8 Å². The van der Waals surface area contributed by atoms with Crippen LogP contribution in [-0.2, 0) is 18.7 Å². The van der Waals surface area contributed by atoms with Gasteiger partial charge in [-0.2, -0.15) is 0 Å². The van der Waals surface area contributed by atoms with Crippen LogP contribution >= 0.6 is 11.8 Å². The molecule has 0 unspecified atom stereocenters. The molecule has 0 spiro atoms. The molecule has 0 saturated carbocycles. The van der Waals surface area contributed by atoms with Crippen molar-refractivity contribution < 1.29 is 0 Å². The first-order valence-corrected chi connectivity index (χ1v) is 7.83. The fraction of sp³-hybridized carbons (Fsp3) is 0.467. The lowest BCUT2D eigenvalue weighted by Gasteiger charge is -2.07. The molecule has 0 aliphatic rings. The first kappa shape index (κ1) is 14.1. The fourth-order valence-electron chi connectivity index (χ4n) is 1.97. The van der Waals surface area contributed by atoms with Crippen LogP contribution in [0.25, 0.3) is 0 Å². The molecule has 0 aliphatic carbocycles. The van der Waals surface area contributed by atoms with E-state index in [1.54, 1.807) is 11.8 Å². The average Bonchev–Trinajstić information content (AvgIpc) is 2.81. The summed E-state index contributed by atoms with van der Waals surface area (Å²) >= 11 is 1.77. The summed E-state index contributed by atoms with van der Waals surface area (Å²) in [5.74, 6) is 2.04. The minimum Gasteiger partial charge on any atom is -0.306 e. The van der Waals surface area contributed by atoms with Crippen LogP contribution < -0.4 is 0 Å². The summed E-state index contributed by atoms with van der Waals surface area (Å²) in [5.41, 5.74) is 2.64. The highest BCUT2D eigenvalue weighted by Crippen LogP contribution is 2.22. The molecule has 0 amide bonds. The molecule has 3 nitrogen and oxygen atoms in total. The summed E-state index contributed by atoms with van der Waals surface area (Å²) in [6.07, 6.45) is 2.06. The molecule has 2 rings (SSSR count). The van der Waals surface area contributed by atoms with E-state index in [9.17, 15) is 0 Å². The predicted molar refractivity (Wildman–Crippen MR) is 80.4 cm³/mol. The zero-order chi connectivity index (χ0) is 13.7. The normalized spacial score (nSPS) is 10.9. The SMILES string of the molecule is CCCn1c(CC)nnc1SCc1ccc(C)cc1. The van der Waals surface area contributed by atoms with Gasteiger partial charge >= 0.3 is 0 Å². The number of aryl methyl sites for hydroxylation is 2. The minimum atomic E-state index is 0.943. The molecular formula is C15H21N3S. The lowest BCUT2D eigenvalue weighted by Crippen LogP contribution is -2.03. The molecule has 0 aliphatic heterocycles. The highest BCUT2D eigenvalue weighted by molar-refractivity contribution is 7.98. The van der Waals surface area contributed by atoms with Gasteiger partial charge in [-0.15, -0.1) is 10.2 Å². The van der Waals surface area contributed by atoms with E-state index in [-0.39, 0.29) is 0 Å². The van der Waals surface area contributed by atoms with Gasteiger partial charge in [0.15, 0.2) is 5.16 Å². The Morgan fingerprint density at radius 3 is 2.47 bits per heavy atom. The van der Waals surface area contributed by atoms with Crippen LogP contribution in [0.2, 0.25) is 0 Å². The number of hydrogen-bond donors (Lipinski definition) is 0. The number of benzene rings is 1. The molecular weight excluding hydrogens is 254 g/mol. The average molecular weight is 275 g/mol. The van der Waals surface area contributed by atoms with E-state index in [4.69, 9.17) is 0 Å². The van der Waals surface area contributed by atoms with Gasteiger partial charge in [-0.1, -0.05) is 55.4 Å². The van der Waals surface area contributed by atoms with Crippen LogP contribution in [0.15, 0.2) is 29.4 Å². The van der Waals surface area contributed by atoms with Gasteiger partial charge < -0.3 is 4.57 Å². The molecule has 0 fully saturated rings. The molecule has 4 heteroatoms. The van der Waals surface area contributed by atoms with Crippen molar-refractivity contribution in [3.63, 3.8) is 0 Å². The Balaban J connectivity index is 2.06. The lowest BCUT2D eigenvalue weighted by molar-refractivity contribution is 0.595. The van der Waals surface area contributed by atoms with Gasteiger partial charge in [0.2, 0.25) is 0 Å². The van der Waals surface area contributed by atoms with Gasteiger partial charge in [0.05, 0.1) is 0 Å². The standard InChI is InChI=1S/C15H21N3S/c1-4-10-18-14(5-2)16-17-15(18)19-11-13-8-6-12(3)7-9-13/h6-9H,4-5,10-11H2,1-3H3. The second-order valence-electron chi connectivity index (χ2n) is 4.68. The van der Waals surface area contributed by atoms with Crippen LogP contribution in [0.5, 0.6) is 0 Å². The second-order valence-corrected chi connectivity index (χ2v) is 5.62. The fourth-order valence-corrected chi connectivity index (χ4v) is 2.91. The molecule has 1 aromatic carbocycles. The van der Waals surface area contributed by atoms with Gasteiger partial charge in [0.25, 0.3) is 0 Å². The smallest absolute Gasteiger partial charge is 0.191 e. The zero-order valence-corrected chi connectivity index (χ0v) is 12.7. The summed E-state index contributed by atoms with van der Waals surface area (Å²) in [4.78, 5) is 0. The Bertz CT molecular complexity index is 517. The first-order valence-electron chi connectivity index (χ1n) is 6.85. The van der Waals surface area contributed by atoms with Crippen LogP contribution in [0.4, 0.5) is 0 Å². The minimum absolute atomic E-state index is 0.943. The van der Waals surface area contributed by atoms with E-state index in [0.717, 1.165) is 36.1 Å². The monoisotopic (exact) mass is 275 g/mol. The number of thioether (sulfide) groups is 1. The third-order valence-corrected chi connectivity index (χ3v) is 4.08. The maximum Gasteiger partial charge on any atom is 0.191 e. The van der Waals surface area contributed by atoms with Crippen molar-refractivity contribution >= 4 is 11.8 Å². The molecule has 0 bridgehead atoms. The quantitative estimate of drug-likeness (QED) is 0.750. The topological polar surface area (TPSA) is 30.7 Å². The molecule has 0 N–H and O–H groups in total. The lowest BCUT2D eigenvalue weighted by atomic mass is 10.2. The van der Waals surface area contributed by atoms with E-state index in [0.29, 0.717) is 0 Å². The molecule has 2 aromatic rings. The zero-order valence-electron chi connectivity index (χ0n) is 11.9. The van der Waals surface area contributed by atoms with E-state index >= 15 is 0 Å². The maximum atomic E-state index is 4.31. The summed E-state index contributed by atoms with van der Waals surface area (Å²) in [6, 6.07) is 8.68. The highest BCUT2D eigenvalue weighted by atomic mass is 32.2. The Morgan fingerprint density at radius 1 is 1.11 bits per heavy atom. The van der Waals surface area contributed by atoms with E-state index in [1.165, 1.54) is 11.1 Å². The van der Waals surface area contributed by atoms with Crippen molar-refractivity contribution in [1.29, 1.82) is 0 Å². The van der Waals surface area contributed by atoms with Crippen LogP contribution in [0.3, 0.4) is 0 Å². The summed E-state index contributed by atoms with van der Waals surface area (Å²) < 4.78 is 2.25. The van der Waals surface area contributed by atoms with Gasteiger partial charge in [-0.05, 0) is 18.9 Å². The number of hydrogen-bond acceptors (Lipinski definition) is 3. The largest absolute Gasteiger partial charge is 0.306 e. The van der Waals surface area contributed by atoms with Crippen LogP contribution in [0, 0.1) is 6.92 Å². The van der Waals surface area contributed by atoms with Gasteiger partial charge in [-0.3, -0.25) is 0 Å². The Hall–Kier alpha value is -1.29. The van der Waals surface area contributed by atoms with Crippen molar-refractivity contribution in [1.82, 2.24) is 14.8 Å². The molecule has 0 radical (unpaired) electrons. The summed E-state index contributed by atoms with van der Waals surface area (Å²) in [6.45, 7) is 7.44. The molecule has 0 atom stereocenters. The summed E-state index contributed by atoms with van der Waals surface area (Å²) in [5, 5.41) is 9.63. The molecule has 102 valence electrons. The van der Waals surface area contributed by atoms with Crippen LogP contribution in [0.1, 0.15) is 37.2 Å². The summed E-state index contributed by atoms with van der Waals surface area (Å²) in [7, 11) is 0. The van der Waals surface area contributed by atoms with Crippen molar-refractivity contribution in [2.24, 2.45) is 0 Å². The number of nitrogens with zero attached hydrogens (tertiary/aromatic N) is 3. The molecule has 19 heavy (non-hydrogen) atoms. The predicted octanol–water partition coefficient (Wildman–Crippen LogP) is 3.85. The highest BCUT2D eigenvalue weighted by Gasteiger charge is 2.10. The van der Waals surface area contributed by atoms with E-state index in [2.05, 4.69) is 59.8 Å². The van der Waals surface area contributed by atoms with Crippen molar-refractivity contribution in [2.75, 3.05) is 0 Å². The second kappa shape index (κ2) is 6.75. The van der Waals surface area contributed by atoms with Gasteiger partial charge in [0, 0.05) is 18.7 Å². The maximum absolute atomic E-state index is 4.31. The van der Waals surface area contributed by atoms with E-state index in [1.807, 2.05) is 0 Å². The molecule has 1 aromatic heterocycles. The Morgan fingerprint density at radius 2 is 1.84 bits per heavy atom. The van der Waals surface area contributed by atoms with Crippen molar-refractivity contribution in [2.45, 2.75) is 51.1 Å². The third kappa shape index (κ3) is 3.60. The van der Waals surface area contributed by atoms with E-state index < -0.39 is 0 Å². The first-order chi connectivity index (χ1) is 9.24. The van der Waals surface area contributed by atoms with Crippen molar-refractivity contribution in [3.8, 4) is 0 Å². The number of aromatic nitrogens is 3. The molecule has 0 saturated heterocycles.